The minimum absolute atomic E-state index is 0.159. The normalized spacial score (nSPS) is 11.7. The zero-order chi connectivity index (χ0) is 14.2. The average molecular weight is 368 g/mol. The summed E-state index contributed by atoms with van der Waals surface area (Å²) in [6.07, 6.45) is 0. The van der Waals surface area contributed by atoms with Crippen molar-refractivity contribution in [3.63, 3.8) is 0 Å². The van der Waals surface area contributed by atoms with E-state index in [9.17, 15) is 17.2 Å². The molecule has 0 unspecified atom stereocenters. The van der Waals surface area contributed by atoms with Gasteiger partial charge in [-0.1, -0.05) is 0 Å². The maximum atomic E-state index is 13.6. The fourth-order valence-electron chi connectivity index (χ4n) is 1.57. The molecule has 0 fully saturated rings. The Morgan fingerprint density at radius 1 is 1.21 bits per heavy atom. The number of hydrogen-bond donors (Lipinski definition) is 1. The first-order chi connectivity index (χ1) is 8.79. The topological polar surface area (TPSA) is 60.2 Å². The summed E-state index contributed by atoms with van der Waals surface area (Å²) in [5.74, 6) is -2.80. The SMILES string of the molecule is Nc1cc(F)c(S(=O)(=O)Cc2cc(Br)cs2)c(F)c1. The molecular formula is C11H8BrF2NO2S2. The molecule has 1 aromatic heterocycles. The molecule has 2 rings (SSSR count). The molecule has 0 amide bonds. The van der Waals surface area contributed by atoms with Crippen LogP contribution in [0, 0.1) is 11.6 Å². The largest absolute Gasteiger partial charge is 0.399 e. The van der Waals surface area contributed by atoms with Gasteiger partial charge in [0.25, 0.3) is 0 Å². The molecule has 8 heteroatoms. The van der Waals surface area contributed by atoms with Gasteiger partial charge in [0, 0.05) is 20.4 Å². The highest BCUT2D eigenvalue weighted by Gasteiger charge is 2.25. The van der Waals surface area contributed by atoms with Crippen LogP contribution in [0.2, 0.25) is 0 Å². The molecule has 1 heterocycles. The van der Waals surface area contributed by atoms with Crippen molar-refractivity contribution in [1.82, 2.24) is 0 Å². The number of rotatable bonds is 3. The lowest BCUT2D eigenvalue weighted by Gasteiger charge is -2.06. The Morgan fingerprint density at radius 3 is 2.26 bits per heavy atom. The molecule has 0 radical (unpaired) electrons. The molecule has 1 aromatic carbocycles. The van der Waals surface area contributed by atoms with Crippen LogP contribution in [-0.2, 0) is 15.6 Å². The molecule has 0 saturated heterocycles. The lowest BCUT2D eigenvalue weighted by Crippen LogP contribution is -2.10. The van der Waals surface area contributed by atoms with Gasteiger partial charge in [-0.05, 0) is 34.1 Å². The van der Waals surface area contributed by atoms with Crippen molar-refractivity contribution in [3.8, 4) is 0 Å². The molecule has 2 N–H and O–H groups in total. The summed E-state index contributed by atoms with van der Waals surface area (Å²) < 4.78 is 52.0. The van der Waals surface area contributed by atoms with E-state index in [0.29, 0.717) is 4.88 Å². The molecule has 102 valence electrons. The van der Waals surface area contributed by atoms with Gasteiger partial charge in [-0.2, -0.15) is 0 Å². The van der Waals surface area contributed by atoms with E-state index in [1.807, 2.05) is 0 Å². The van der Waals surface area contributed by atoms with E-state index in [-0.39, 0.29) is 5.69 Å². The van der Waals surface area contributed by atoms with Gasteiger partial charge in [-0.25, -0.2) is 17.2 Å². The highest BCUT2D eigenvalue weighted by molar-refractivity contribution is 9.10. The second-order valence-corrected chi connectivity index (χ2v) is 7.64. The molecule has 0 aliphatic carbocycles. The van der Waals surface area contributed by atoms with E-state index >= 15 is 0 Å². The minimum atomic E-state index is -4.09. The van der Waals surface area contributed by atoms with Crippen LogP contribution >= 0.6 is 27.3 Å². The molecule has 0 aliphatic heterocycles. The van der Waals surface area contributed by atoms with Crippen LogP contribution in [0.1, 0.15) is 4.88 Å². The highest BCUT2D eigenvalue weighted by Crippen LogP contribution is 2.28. The number of sulfone groups is 1. The number of halogens is 3. The number of thiophene rings is 1. The first-order valence-electron chi connectivity index (χ1n) is 5.00. The van der Waals surface area contributed by atoms with Crippen LogP contribution in [0.4, 0.5) is 14.5 Å². The predicted octanol–water partition coefficient (Wildman–Crippen LogP) is 3.34. The number of benzene rings is 1. The van der Waals surface area contributed by atoms with Crippen LogP contribution in [0.15, 0.2) is 32.9 Å². The average Bonchev–Trinajstić information content (AvgIpc) is 2.60. The Hall–Kier alpha value is -0.990. The van der Waals surface area contributed by atoms with Gasteiger partial charge in [-0.15, -0.1) is 11.3 Å². The monoisotopic (exact) mass is 367 g/mol. The van der Waals surface area contributed by atoms with Crippen LogP contribution in [0.5, 0.6) is 0 Å². The quantitative estimate of drug-likeness (QED) is 0.846. The van der Waals surface area contributed by atoms with Crippen molar-refractivity contribution in [2.24, 2.45) is 0 Å². The lowest BCUT2D eigenvalue weighted by molar-refractivity contribution is 0.520. The van der Waals surface area contributed by atoms with Crippen LogP contribution in [-0.4, -0.2) is 8.42 Å². The van der Waals surface area contributed by atoms with Gasteiger partial charge in [0.1, 0.15) is 16.5 Å². The molecule has 19 heavy (non-hydrogen) atoms. The number of hydrogen-bond acceptors (Lipinski definition) is 4. The third kappa shape index (κ3) is 3.13. The molecule has 0 spiro atoms. The maximum Gasteiger partial charge on any atom is 0.189 e. The van der Waals surface area contributed by atoms with E-state index < -0.39 is 32.1 Å². The molecule has 0 bridgehead atoms. The fourth-order valence-corrected chi connectivity index (χ4v) is 4.85. The number of anilines is 1. The van der Waals surface area contributed by atoms with Crippen molar-refractivity contribution < 1.29 is 17.2 Å². The summed E-state index contributed by atoms with van der Waals surface area (Å²) in [5, 5.41) is 1.69. The molecular weight excluding hydrogens is 360 g/mol. The minimum Gasteiger partial charge on any atom is -0.399 e. The Kier molecular flexibility index (Phi) is 3.93. The smallest absolute Gasteiger partial charge is 0.189 e. The first-order valence-corrected chi connectivity index (χ1v) is 8.32. The summed E-state index contributed by atoms with van der Waals surface area (Å²) in [6, 6.07) is 3.18. The molecule has 3 nitrogen and oxygen atoms in total. The Balaban J connectivity index is 2.45. The Labute approximate surface area is 121 Å². The van der Waals surface area contributed by atoms with E-state index in [0.717, 1.165) is 16.6 Å². The predicted molar refractivity (Wildman–Crippen MR) is 73.7 cm³/mol. The fraction of sp³-hybridized carbons (Fsp3) is 0.0909. The zero-order valence-corrected chi connectivity index (χ0v) is 12.6. The van der Waals surface area contributed by atoms with Crippen molar-refractivity contribution >= 4 is 42.8 Å². The van der Waals surface area contributed by atoms with Crippen molar-refractivity contribution in [2.45, 2.75) is 10.6 Å². The van der Waals surface area contributed by atoms with E-state index in [4.69, 9.17) is 5.73 Å². The molecule has 0 saturated carbocycles. The van der Waals surface area contributed by atoms with Crippen LogP contribution < -0.4 is 5.73 Å². The Bertz CT molecular complexity index is 705. The summed E-state index contributed by atoms with van der Waals surface area (Å²) in [6.45, 7) is 0. The van der Waals surface area contributed by atoms with E-state index in [1.165, 1.54) is 11.3 Å². The second kappa shape index (κ2) is 5.18. The second-order valence-electron chi connectivity index (χ2n) is 3.80. The van der Waals surface area contributed by atoms with Gasteiger partial charge < -0.3 is 5.73 Å². The summed E-state index contributed by atoms with van der Waals surface area (Å²) in [7, 11) is -4.09. The van der Waals surface area contributed by atoms with E-state index in [1.54, 1.807) is 11.4 Å². The van der Waals surface area contributed by atoms with Gasteiger partial charge in [0.15, 0.2) is 9.84 Å². The van der Waals surface area contributed by atoms with Crippen LogP contribution in [0.25, 0.3) is 0 Å². The molecule has 2 aromatic rings. The van der Waals surface area contributed by atoms with Crippen molar-refractivity contribution in [2.75, 3.05) is 5.73 Å². The summed E-state index contributed by atoms with van der Waals surface area (Å²) in [5.41, 5.74) is 5.09. The van der Waals surface area contributed by atoms with Crippen LogP contribution in [0.3, 0.4) is 0 Å². The first kappa shape index (κ1) is 14.4. The third-order valence-electron chi connectivity index (χ3n) is 2.29. The molecule has 0 aliphatic rings. The molecule has 0 atom stereocenters. The highest BCUT2D eigenvalue weighted by atomic mass is 79.9. The Morgan fingerprint density at radius 2 is 1.79 bits per heavy atom. The standard InChI is InChI=1S/C11H8BrF2NO2S2/c12-6-1-8(18-4-6)5-19(16,17)11-9(13)2-7(15)3-10(11)14/h1-4H,5,15H2. The maximum absolute atomic E-state index is 13.6. The van der Waals surface area contributed by atoms with Gasteiger partial charge in [0.05, 0.1) is 5.75 Å². The van der Waals surface area contributed by atoms with Gasteiger partial charge in [-0.3, -0.25) is 0 Å². The van der Waals surface area contributed by atoms with E-state index in [2.05, 4.69) is 15.9 Å². The van der Waals surface area contributed by atoms with Crippen molar-refractivity contribution in [3.05, 3.63) is 44.6 Å². The third-order valence-corrected chi connectivity index (χ3v) is 5.87. The summed E-state index contributed by atoms with van der Waals surface area (Å²) >= 11 is 4.38. The van der Waals surface area contributed by atoms with Gasteiger partial charge in [0.2, 0.25) is 0 Å². The number of nitrogen functional groups attached to an aromatic ring is 1. The zero-order valence-electron chi connectivity index (χ0n) is 9.36. The number of nitrogens with two attached hydrogens (primary N) is 1. The lowest BCUT2D eigenvalue weighted by atomic mass is 10.3. The van der Waals surface area contributed by atoms with Gasteiger partial charge >= 0.3 is 0 Å². The van der Waals surface area contributed by atoms with Crippen molar-refractivity contribution in [1.29, 1.82) is 0 Å². The summed E-state index contributed by atoms with van der Waals surface area (Å²) in [4.78, 5) is -0.450.